The summed E-state index contributed by atoms with van der Waals surface area (Å²) in [4.78, 5) is 12.0. The third-order valence-electron chi connectivity index (χ3n) is 3.71. The first-order chi connectivity index (χ1) is 10.6. The summed E-state index contributed by atoms with van der Waals surface area (Å²) in [5.74, 6) is 0.653. The lowest BCUT2D eigenvalue weighted by Crippen LogP contribution is -2.36. The maximum Gasteiger partial charge on any atom is 0.220 e. The molecule has 0 aromatic heterocycles. The van der Waals surface area contributed by atoms with Gasteiger partial charge in [-0.3, -0.25) is 4.79 Å². The predicted molar refractivity (Wildman–Crippen MR) is 88.9 cm³/mol. The monoisotopic (exact) mass is 345 g/mol. The summed E-state index contributed by atoms with van der Waals surface area (Å²) in [5.41, 5.74) is 0.715. The van der Waals surface area contributed by atoms with E-state index in [9.17, 15) is 9.18 Å². The van der Waals surface area contributed by atoms with Gasteiger partial charge in [0.1, 0.15) is 11.9 Å². The number of hydrogen-bond donors (Lipinski definition) is 1. The molecule has 0 unspecified atom stereocenters. The Kier molecular flexibility index (Phi) is 6.99. The van der Waals surface area contributed by atoms with Crippen LogP contribution in [0.25, 0.3) is 0 Å². The van der Waals surface area contributed by atoms with Gasteiger partial charge in [0.25, 0.3) is 0 Å². The highest BCUT2D eigenvalue weighted by molar-refractivity contribution is 7.98. The molecule has 1 aromatic carbocycles. The molecule has 1 aliphatic rings. The molecule has 0 saturated carbocycles. The number of rotatable bonds is 7. The molecule has 1 fully saturated rings. The number of benzene rings is 1. The number of ether oxygens (including phenoxy) is 1. The van der Waals surface area contributed by atoms with Crippen molar-refractivity contribution in [1.82, 2.24) is 5.32 Å². The summed E-state index contributed by atoms with van der Waals surface area (Å²) in [6.07, 6.45) is 4.96. The Morgan fingerprint density at radius 2 is 2.32 bits per heavy atom. The summed E-state index contributed by atoms with van der Waals surface area (Å²) in [6, 6.07) is 4.55. The van der Waals surface area contributed by atoms with Crippen LogP contribution >= 0.6 is 23.4 Å². The van der Waals surface area contributed by atoms with Crippen molar-refractivity contribution in [3.05, 3.63) is 34.6 Å². The number of unbranched alkanes of at least 4 members (excludes halogenated alkanes) is 1. The van der Waals surface area contributed by atoms with Gasteiger partial charge in [0, 0.05) is 13.0 Å². The van der Waals surface area contributed by atoms with E-state index in [-0.39, 0.29) is 23.1 Å². The third-order valence-corrected chi connectivity index (χ3v) is 4.72. The minimum atomic E-state index is -0.461. The van der Waals surface area contributed by atoms with Crippen molar-refractivity contribution in [1.29, 1.82) is 0 Å². The van der Waals surface area contributed by atoms with E-state index in [1.807, 2.05) is 0 Å². The Bertz CT molecular complexity index is 515. The second kappa shape index (κ2) is 8.75. The number of halogens is 2. The summed E-state index contributed by atoms with van der Waals surface area (Å²) >= 11 is 7.49. The number of carbonyl (C=O) groups is 1. The topological polar surface area (TPSA) is 38.3 Å². The zero-order valence-electron chi connectivity index (χ0n) is 12.6. The Morgan fingerprint density at radius 3 is 3.05 bits per heavy atom. The average molecular weight is 346 g/mol. The molecule has 0 aliphatic carbocycles. The van der Waals surface area contributed by atoms with Crippen molar-refractivity contribution in [2.75, 3.05) is 18.6 Å². The van der Waals surface area contributed by atoms with Gasteiger partial charge in [-0.15, -0.1) is 0 Å². The van der Waals surface area contributed by atoms with Crippen molar-refractivity contribution in [2.45, 2.75) is 37.8 Å². The van der Waals surface area contributed by atoms with Crippen molar-refractivity contribution < 1.29 is 13.9 Å². The number of nitrogens with one attached hydrogen (secondary N) is 1. The number of thioether (sulfide) groups is 1. The van der Waals surface area contributed by atoms with Gasteiger partial charge in [-0.05, 0) is 49.0 Å². The van der Waals surface area contributed by atoms with E-state index in [1.54, 1.807) is 17.8 Å². The lowest BCUT2D eigenvalue weighted by molar-refractivity contribution is -0.122. The second-order valence-corrected chi connectivity index (χ2v) is 6.77. The molecule has 1 saturated heterocycles. The lowest BCUT2D eigenvalue weighted by Gasteiger charge is -2.20. The molecular formula is C16H21ClFNO2S. The fraction of sp³-hybridized carbons (Fsp3) is 0.562. The van der Waals surface area contributed by atoms with Crippen LogP contribution in [0.2, 0.25) is 5.02 Å². The molecule has 0 bridgehead atoms. The van der Waals surface area contributed by atoms with Crippen LogP contribution in [0.1, 0.15) is 37.4 Å². The van der Waals surface area contributed by atoms with Crippen molar-refractivity contribution in [3.63, 3.8) is 0 Å². The molecule has 6 heteroatoms. The molecule has 1 amide bonds. The third kappa shape index (κ3) is 4.86. The molecular weight excluding hydrogens is 325 g/mol. The standard InChI is InChI=1S/C16H21ClFNO2S/c1-22-9-3-2-4-15(20)19-14-7-8-21-16(14)11-5-6-12(17)13(18)10-11/h5-6,10,14,16H,2-4,7-9H2,1H3,(H,19,20)/t14-,16+/m1/s1. The second-order valence-electron chi connectivity index (χ2n) is 5.38. The van der Waals surface area contributed by atoms with E-state index >= 15 is 0 Å². The van der Waals surface area contributed by atoms with Crippen LogP contribution in [0.4, 0.5) is 4.39 Å². The molecule has 2 rings (SSSR count). The Labute approximate surface area is 139 Å². The highest BCUT2D eigenvalue weighted by Crippen LogP contribution is 2.31. The maximum atomic E-state index is 13.6. The smallest absolute Gasteiger partial charge is 0.220 e. The molecule has 0 spiro atoms. The SMILES string of the molecule is CSCCCCC(=O)N[C@@H]1CCO[C@H]1c1ccc(Cl)c(F)c1. The number of hydrogen-bond acceptors (Lipinski definition) is 3. The highest BCUT2D eigenvalue weighted by atomic mass is 35.5. The first-order valence-corrected chi connectivity index (χ1v) is 9.24. The summed E-state index contributed by atoms with van der Waals surface area (Å²) in [7, 11) is 0. The number of carbonyl (C=O) groups excluding carboxylic acids is 1. The van der Waals surface area contributed by atoms with E-state index in [0.29, 0.717) is 18.6 Å². The van der Waals surface area contributed by atoms with E-state index in [2.05, 4.69) is 11.6 Å². The zero-order chi connectivity index (χ0) is 15.9. The summed E-state index contributed by atoms with van der Waals surface area (Å²) in [6.45, 7) is 0.562. The van der Waals surface area contributed by atoms with Crippen LogP contribution in [0.15, 0.2) is 18.2 Å². The molecule has 1 aliphatic heterocycles. The van der Waals surface area contributed by atoms with Crippen molar-refractivity contribution in [2.24, 2.45) is 0 Å². The minimum absolute atomic E-state index is 0.0380. The Balaban J connectivity index is 1.90. The van der Waals surface area contributed by atoms with Gasteiger partial charge in [-0.2, -0.15) is 11.8 Å². The number of amides is 1. The maximum absolute atomic E-state index is 13.6. The van der Waals surface area contributed by atoms with E-state index in [4.69, 9.17) is 16.3 Å². The predicted octanol–water partition coefficient (Wildman–Crippen LogP) is 3.96. The van der Waals surface area contributed by atoms with E-state index < -0.39 is 5.82 Å². The molecule has 2 atom stereocenters. The first kappa shape index (κ1) is 17.6. The zero-order valence-corrected chi connectivity index (χ0v) is 14.2. The molecule has 22 heavy (non-hydrogen) atoms. The Hall–Kier alpha value is -0.780. The first-order valence-electron chi connectivity index (χ1n) is 7.46. The van der Waals surface area contributed by atoms with Crippen LogP contribution in [-0.2, 0) is 9.53 Å². The summed E-state index contributed by atoms with van der Waals surface area (Å²) < 4.78 is 19.2. The van der Waals surface area contributed by atoms with Gasteiger partial charge in [-0.1, -0.05) is 17.7 Å². The molecule has 1 aromatic rings. The molecule has 1 N–H and O–H groups in total. The average Bonchev–Trinajstić information content (AvgIpc) is 2.94. The highest BCUT2D eigenvalue weighted by Gasteiger charge is 2.31. The van der Waals surface area contributed by atoms with Gasteiger partial charge in [0.05, 0.1) is 11.1 Å². The van der Waals surface area contributed by atoms with Crippen LogP contribution in [-0.4, -0.2) is 30.6 Å². The normalized spacial score (nSPS) is 21.0. The van der Waals surface area contributed by atoms with Gasteiger partial charge in [-0.25, -0.2) is 4.39 Å². The van der Waals surface area contributed by atoms with E-state index in [1.165, 1.54) is 12.1 Å². The van der Waals surface area contributed by atoms with Crippen molar-refractivity contribution in [3.8, 4) is 0 Å². The molecule has 122 valence electrons. The van der Waals surface area contributed by atoms with Crippen LogP contribution in [0.5, 0.6) is 0 Å². The largest absolute Gasteiger partial charge is 0.371 e. The fourth-order valence-corrected chi connectivity index (χ4v) is 3.18. The molecule has 1 heterocycles. The van der Waals surface area contributed by atoms with Crippen LogP contribution in [0, 0.1) is 5.82 Å². The quantitative estimate of drug-likeness (QED) is 0.760. The van der Waals surface area contributed by atoms with Crippen LogP contribution < -0.4 is 5.32 Å². The van der Waals surface area contributed by atoms with Crippen molar-refractivity contribution >= 4 is 29.3 Å². The fourth-order valence-electron chi connectivity index (χ4n) is 2.57. The van der Waals surface area contributed by atoms with Crippen LogP contribution in [0.3, 0.4) is 0 Å². The van der Waals surface area contributed by atoms with Gasteiger partial charge >= 0.3 is 0 Å². The van der Waals surface area contributed by atoms with Gasteiger partial charge in [0.15, 0.2) is 0 Å². The van der Waals surface area contributed by atoms with E-state index in [0.717, 1.165) is 25.0 Å². The van der Waals surface area contributed by atoms with Gasteiger partial charge < -0.3 is 10.1 Å². The minimum Gasteiger partial charge on any atom is -0.371 e. The molecule has 3 nitrogen and oxygen atoms in total. The van der Waals surface area contributed by atoms with Gasteiger partial charge in [0.2, 0.25) is 5.91 Å². The Morgan fingerprint density at radius 1 is 1.50 bits per heavy atom. The molecule has 0 radical (unpaired) electrons. The summed E-state index contributed by atoms with van der Waals surface area (Å²) in [5, 5.41) is 3.11. The lowest BCUT2D eigenvalue weighted by atomic mass is 10.0.